The predicted octanol–water partition coefficient (Wildman–Crippen LogP) is 2.83. The highest BCUT2D eigenvalue weighted by atomic mass is 16.4. The molecule has 2 N–H and O–H groups in total. The molecule has 28 heavy (non-hydrogen) atoms. The quantitative estimate of drug-likeness (QED) is 0.555. The number of furan rings is 1. The highest BCUT2D eigenvalue weighted by Crippen LogP contribution is 2.36. The minimum atomic E-state index is -0.144. The number of aromatic amines is 1. The summed E-state index contributed by atoms with van der Waals surface area (Å²) in [5.41, 5.74) is 2.69. The van der Waals surface area contributed by atoms with Crippen LogP contribution in [0.2, 0.25) is 0 Å². The van der Waals surface area contributed by atoms with E-state index in [0.29, 0.717) is 17.9 Å². The van der Waals surface area contributed by atoms with Crippen LogP contribution in [0.25, 0.3) is 33.7 Å². The minimum Gasteiger partial charge on any atom is -0.455 e. The van der Waals surface area contributed by atoms with Crippen molar-refractivity contribution in [3.63, 3.8) is 0 Å². The first kappa shape index (κ1) is 17.0. The van der Waals surface area contributed by atoms with Crippen molar-refractivity contribution in [3.05, 3.63) is 36.4 Å². The van der Waals surface area contributed by atoms with Gasteiger partial charge in [0.05, 0.1) is 17.8 Å². The van der Waals surface area contributed by atoms with Crippen LogP contribution in [0.3, 0.4) is 0 Å². The van der Waals surface area contributed by atoms with Crippen LogP contribution in [-0.4, -0.2) is 49.2 Å². The maximum absolute atomic E-state index is 9.38. The van der Waals surface area contributed by atoms with Gasteiger partial charge in [0.25, 0.3) is 0 Å². The second kappa shape index (κ2) is 6.78. The third kappa shape index (κ3) is 2.68. The lowest BCUT2D eigenvalue weighted by Gasteiger charge is -2.18. The van der Waals surface area contributed by atoms with Crippen LogP contribution in [0.5, 0.6) is 0 Å². The van der Waals surface area contributed by atoms with Gasteiger partial charge in [-0.25, -0.2) is 9.97 Å². The zero-order chi connectivity index (χ0) is 19.1. The van der Waals surface area contributed by atoms with Crippen molar-refractivity contribution in [2.45, 2.75) is 25.5 Å². The summed E-state index contributed by atoms with van der Waals surface area (Å²) in [6.45, 7) is 2.45. The molecule has 1 atom stereocenters. The summed E-state index contributed by atoms with van der Waals surface area (Å²) in [5, 5.41) is 19.3. The fraction of sp³-hybridized carbons (Fsp3) is 0.350. The number of likely N-dealkylation sites (tertiary alicyclic amines) is 1. The zero-order valence-corrected chi connectivity index (χ0v) is 15.3. The Balaban J connectivity index is 1.67. The van der Waals surface area contributed by atoms with Gasteiger partial charge in [-0.05, 0) is 24.6 Å². The van der Waals surface area contributed by atoms with E-state index in [-0.39, 0.29) is 12.6 Å². The van der Waals surface area contributed by atoms with E-state index in [9.17, 15) is 5.11 Å². The number of aliphatic hydroxyl groups excluding tert-OH is 1. The fourth-order valence-electron chi connectivity index (χ4n) is 4.14. The maximum Gasteiger partial charge on any atom is 0.177 e. The van der Waals surface area contributed by atoms with Crippen molar-refractivity contribution in [2.24, 2.45) is 0 Å². The monoisotopic (exact) mass is 376 g/mol. The average molecular weight is 376 g/mol. The first-order chi connectivity index (χ1) is 13.8. The van der Waals surface area contributed by atoms with Gasteiger partial charge in [0.2, 0.25) is 0 Å². The number of hydrogen-bond acceptors (Lipinski definition) is 6. The Morgan fingerprint density at radius 1 is 1.36 bits per heavy atom. The molecule has 0 bridgehead atoms. The largest absolute Gasteiger partial charge is 0.455 e. The molecule has 0 aliphatic carbocycles. The number of aromatic nitrogens is 4. The molecule has 0 amide bonds. The van der Waals surface area contributed by atoms with Crippen LogP contribution in [0, 0.1) is 11.3 Å². The Kier molecular flexibility index (Phi) is 4.11. The van der Waals surface area contributed by atoms with Gasteiger partial charge in [-0.2, -0.15) is 5.26 Å². The van der Waals surface area contributed by atoms with Crippen molar-refractivity contribution < 1.29 is 9.52 Å². The number of nitrogens with one attached hydrogen (secondary N) is 1. The molecule has 0 saturated carbocycles. The number of fused-ring (bicyclic) bond motifs is 3. The molecule has 4 aromatic rings. The Morgan fingerprint density at radius 2 is 2.29 bits per heavy atom. The molecule has 1 saturated heterocycles. The van der Waals surface area contributed by atoms with E-state index in [4.69, 9.17) is 14.7 Å². The number of aliphatic hydroxyl groups is 1. The second-order valence-corrected chi connectivity index (χ2v) is 7.11. The molecule has 1 aliphatic rings. The lowest BCUT2D eigenvalue weighted by molar-refractivity contribution is 0.248. The van der Waals surface area contributed by atoms with E-state index >= 15 is 0 Å². The van der Waals surface area contributed by atoms with Crippen LogP contribution in [0.4, 0.5) is 0 Å². The molecular weight excluding hydrogens is 356 g/mol. The summed E-state index contributed by atoms with van der Waals surface area (Å²) < 4.78 is 8.07. The first-order valence-electron chi connectivity index (χ1n) is 9.41. The summed E-state index contributed by atoms with van der Waals surface area (Å²) in [4.78, 5) is 14.8. The molecule has 8 nitrogen and oxygen atoms in total. The third-order valence-electron chi connectivity index (χ3n) is 5.42. The van der Waals surface area contributed by atoms with E-state index in [0.717, 1.165) is 53.9 Å². The number of pyridine rings is 1. The Labute approximate surface area is 161 Å². The van der Waals surface area contributed by atoms with Crippen molar-refractivity contribution in [1.29, 1.82) is 5.26 Å². The van der Waals surface area contributed by atoms with Gasteiger partial charge in [0.15, 0.2) is 11.6 Å². The summed E-state index contributed by atoms with van der Waals surface area (Å²) >= 11 is 0. The van der Waals surface area contributed by atoms with Crippen molar-refractivity contribution in [2.75, 3.05) is 19.6 Å². The number of nitrogens with zero attached hydrogens (tertiary/aromatic N) is 5. The highest BCUT2D eigenvalue weighted by molar-refractivity contribution is 6.02. The summed E-state index contributed by atoms with van der Waals surface area (Å²) in [6.07, 6.45) is 5.19. The molecule has 5 rings (SSSR count). The molecule has 0 spiro atoms. The highest BCUT2D eigenvalue weighted by Gasteiger charge is 2.29. The van der Waals surface area contributed by atoms with Crippen LogP contribution in [0.15, 0.2) is 35.0 Å². The molecule has 5 heterocycles. The fourth-order valence-corrected chi connectivity index (χ4v) is 4.14. The standard InChI is InChI=1S/C20H20N6O2/c21-6-1-8-25-9-5-13(11-25)26-18-15-4-7-22-19(15)23-10-16(18)24-20(26)17-3-2-14(12-27)28-17/h2-4,7,10,13,27H,1,5,8-9,11-12H2,(H,22,23). The van der Waals surface area contributed by atoms with E-state index in [2.05, 4.69) is 25.5 Å². The Hall–Kier alpha value is -3.15. The third-order valence-corrected chi connectivity index (χ3v) is 5.42. The van der Waals surface area contributed by atoms with Gasteiger partial charge in [0.1, 0.15) is 23.5 Å². The molecule has 8 heteroatoms. The predicted molar refractivity (Wildman–Crippen MR) is 103 cm³/mol. The van der Waals surface area contributed by atoms with Crippen LogP contribution in [-0.2, 0) is 6.61 Å². The minimum absolute atomic E-state index is 0.144. The normalized spacial score (nSPS) is 17.6. The van der Waals surface area contributed by atoms with Crippen molar-refractivity contribution in [3.8, 4) is 17.7 Å². The summed E-state index contributed by atoms with van der Waals surface area (Å²) in [5.74, 6) is 1.90. The molecule has 4 aromatic heterocycles. The van der Waals surface area contributed by atoms with Gasteiger partial charge >= 0.3 is 0 Å². The number of imidazole rings is 1. The van der Waals surface area contributed by atoms with Crippen LogP contribution in [0.1, 0.15) is 24.6 Å². The average Bonchev–Trinajstić information content (AvgIpc) is 3.49. The number of nitriles is 1. The van der Waals surface area contributed by atoms with Gasteiger partial charge < -0.3 is 24.0 Å². The number of rotatable bonds is 5. The Morgan fingerprint density at radius 3 is 3.11 bits per heavy atom. The van der Waals surface area contributed by atoms with E-state index in [1.165, 1.54) is 0 Å². The number of H-pyrrole nitrogens is 1. The molecule has 0 radical (unpaired) electrons. The van der Waals surface area contributed by atoms with Gasteiger partial charge in [-0.3, -0.25) is 0 Å². The molecule has 0 aromatic carbocycles. The molecule has 142 valence electrons. The van der Waals surface area contributed by atoms with Crippen LogP contribution >= 0.6 is 0 Å². The lowest BCUT2D eigenvalue weighted by Crippen LogP contribution is -2.22. The number of hydrogen-bond donors (Lipinski definition) is 2. The van der Waals surface area contributed by atoms with E-state index < -0.39 is 0 Å². The van der Waals surface area contributed by atoms with Gasteiger partial charge in [-0.1, -0.05) is 0 Å². The second-order valence-electron chi connectivity index (χ2n) is 7.11. The lowest BCUT2D eigenvalue weighted by atomic mass is 10.2. The smallest absolute Gasteiger partial charge is 0.177 e. The zero-order valence-electron chi connectivity index (χ0n) is 15.3. The van der Waals surface area contributed by atoms with Crippen LogP contribution < -0.4 is 0 Å². The topological polar surface area (TPSA) is 107 Å². The summed E-state index contributed by atoms with van der Waals surface area (Å²) in [6, 6.07) is 8.11. The SMILES string of the molecule is N#CCCN1CCC(n2c(-c3ccc(CO)o3)nc3cnc4[nH]ccc4c32)C1. The molecule has 1 fully saturated rings. The molecule has 1 aliphatic heterocycles. The van der Waals surface area contributed by atoms with E-state index in [1.54, 1.807) is 12.3 Å². The summed E-state index contributed by atoms with van der Waals surface area (Å²) in [7, 11) is 0. The van der Waals surface area contributed by atoms with E-state index in [1.807, 2.05) is 18.3 Å². The van der Waals surface area contributed by atoms with Crippen molar-refractivity contribution >= 4 is 22.1 Å². The van der Waals surface area contributed by atoms with Crippen molar-refractivity contribution in [1.82, 2.24) is 24.4 Å². The maximum atomic E-state index is 9.38. The first-order valence-corrected chi connectivity index (χ1v) is 9.41. The Bertz CT molecular complexity index is 1180. The van der Waals surface area contributed by atoms with Gasteiger partial charge in [0, 0.05) is 43.7 Å². The molecule has 1 unspecified atom stereocenters. The van der Waals surface area contributed by atoms with Gasteiger partial charge in [-0.15, -0.1) is 0 Å². The molecular formula is C20H20N6O2.